The van der Waals surface area contributed by atoms with E-state index in [9.17, 15) is 10.1 Å². The molecular formula is C18H12N6O2S. The maximum absolute atomic E-state index is 11.7. The van der Waals surface area contributed by atoms with Gasteiger partial charge >= 0.3 is 5.69 Å². The van der Waals surface area contributed by atoms with E-state index in [1.165, 1.54) is 18.1 Å². The number of benzene rings is 1. The fourth-order valence-corrected chi connectivity index (χ4v) is 3.50. The van der Waals surface area contributed by atoms with E-state index in [-0.39, 0.29) is 16.5 Å². The lowest BCUT2D eigenvalue weighted by molar-refractivity contribution is -0.387. The molecule has 0 unspecified atom stereocenters. The highest BCUT2D eigenvalue weighted by Gasteiger charge is 2.24. The fraction of sp³-hybridized carbons (Fsp3) is 0. The van der Waals surface area contributed by atoms with E-state index in [1.54, 1.807) is 30.6 Å². The quantitative estimate of drug-likeness (QED) is 0.313. The van der Waals surface area contributed by atoms with Crippen LogP contribution in [-0.4, -0.2) is 24.9 Å². The average Bonchev–Trinajstić information content (AvgIpc) is 2.69. The summed E-state index contributed by atoms with van der Waals surface area (Å²) in [5.74, 6) is 0.548. The SMILES string of the molecule is O=[N+]([O-])c1c(Nc2ccccn2)ncnc1Sc1cccc2cccnc12. The van der Waals surface area contributed by atoms with Crippen LogP contribution in [-0.2, 0) is 0 Å². The Morgan fingerprint density at radius 2 is 1.78 bits per heavy atom. The van der Waals surface area contributed by atoms with Gasteiger partial charge in [0, 0.05) is 22.7 Å². The average molecular weight is 376 g/mol. The molecule has 0 spiro atoms. The van der Waals surface area contributed by atoms with Gasteiger partial charge in [0.25, 0.3) is 0 Å². The van der Waals surface area contributed by atoms with Crippen molar-refractivity contribution in [3.05, 3.63) is 77.4 Å². The molecule has 0 atom stereocenters. The van der Waals surface area contributed by atoms with Gasteiger partial charge in [0.1, 0.15) is 12.1 Å². The lowest BCUT2D eigenvalue weighted by Crippen LogP contribution is -2.03. The molecule has 0 aliphatic carbocycles. The Labute approximate surface area is 157 Å². The van der Waals surface area contributed by atoms with Gasteiger partial charge in [-0.25, -0.2) is 15.0 Å². The third-order valence-corrected chi connectivity index (χ3v) is 4.73. The lowest BCUT2D eigenvalue weighted by Gasteiger charge is -2.08. The molecule has 4 aromatic rings. The Hall–Kier alpha value is -3.59. The zero-order valence-electron chi connectivity index (χ0n) is 13.8. The Morgan fingerprint density at radius 3 is 2.59 bits per heavy atom. The van der Waals surface area contributed by atoms with Gasteiger partial charge in [-0.15, -0.1) is 0 Å². The number of anilines is 2. The molecule has 9 heteroatoms. The second kappa shape index (κ2) is 7.34. The lowest BCUT2D eigenvalue weighted by atomic mass is 10.2. The number of rotatable bonds is 5. The molecule has 0 radical (unpaired) electrons. The third-order valence-electron chi connectivity index (χ3n) is 3.68. The molecule has 3 heterocycles. The van der Waals surface area contributed by atoms with Crippen molar-refractivity contribution in [2.75, 3.05) is 5.32 Å². The van der Waals surface area contributed by atoms with Crippen molar-refractivity contribution in [1.82, 2.24) is 19.9 Å². The largest absolute Gasteiger partial charge is 0.344 e. The maximum Gasteiger partial charge on any atom is 0.344 e. The second-order valence-electron chi connectivity index (χ2n) is 5.41. The first-order valence-corrected chi connectivity index (χ1v) is 8.73. The topological polar surface area (TPSA) is 107 Å². The van der Waals surface area contributed by atoms with Crippen LogP contribution >= 0.6 is 11.8 Å². The van der Waals surface area contributed by atoms with Crippen molar-refractivity contribution in [3.8, 4) is 0 Å². The van der Waals surface area contributed by atoms with Crippen LogP contribution in [0.4, 0.5) is 17.3 Å². The molecule has 4 rings (SSSR count). The number of nitrogens with zero attached hydrogens (tertiary/aromatic N) is 5. The summed E-state index contributed by atoms with van der Waals surface area (Å²) in [6, 6.07) is 14.7. The maximum atomic E-state index is 11.7. The second-order valence-corrected chi connectivity index (χ2v) is 6.44. The Kier molecular flexibility index (Phi) is 4.58. The van der Waals surface area contributed by atoms with Gasteiger partial charge in [-0.3, -0.25) is 15.1 Å². The summed E-state index contributed by atoms with van der Waals surface area (Å²) in [6.45, 7) is 0. The van der Waals surface area contributed by atoms with Gasteiger partial charge in [0.2, 0.25) is 5.82 Å². The van der Waals surface area contributed by atoms with E-state index in [2.05, 4.69) is 25.3 Å². The van der Waals surface area contributed by atoms with Crippen molar-refractivity contribution in [2.24, 2.45) is 0 Å². The molecule has 3 aromatic heterocycles. The normalized spacial score (nSPS) is 10.7. The Morgan fingerprint density at radius 1 is 0.926 bits per heavy atom. The minimum atomic E-state index is -0.494. The zero-order chi connectivity index (χ0) is 18.6. The van der Waals surface area contributed by atoms with Crippen LogP contribution in [0.25, 0.3) is 10.9 Å². The summed E-state index contributed by atoms with van der Waals surface area (Å²) < 4.78 is 0. The van der Waals surface area contributed by atoms with E-state index in [4.69, 9.17) is 0 Å². The first-order valence-electron chi connectivity index (χ1n) is 7.91. The smallest absolute Gasteiger partial charge is 0.319 e. The number of hydrogen-bond acceptors (Lipinski definition) is 8. The summed E-state index contributed by atoms with van der Waals surface area (Å²) >= 11 is 1.18. The number of nitro groups is 1. The van der Waals surface area contributed by atoms with Crippen LogP contribution in [0.1, 0.15) is 0 Å². The van der Waals surface area contributed by atoms with Gasteiger partial charge in [-0.1, -0.05) is 36.0 Å². The highest BCUT2D eigenvalue weighted by atomic mass is 32.2. The molecule has 0 bridgehead atoms. The standard InChI is InChI=1S/C18H12N6O2S/c25-24(26)16-17(23-14-8-1-2-9-19-14)21-11-22-18(16)27-13-7-3-5-12-6-4-10-20-15(12)13/h1-11H,(H,19,21,22,23). The van der Waals surface area contributed by atoms with Crippen LogP contribution in [0.2, 0.25) is 0 Å². The van der Waals surface area contributed by atoms with Crippen molar-refractivity contribution >= 4 is 40.0 Å². The molecule has 0 amide bonds. The van der Waals surface area contributed by atoms with Crippen molar-refractivity contribution in [2.45, 2.75) is 9.92 Å². The highest BCUT2D eigenvalue weighted by Crippen LogP contribution is 2.39. The summed E-state index contributed by atoms with van der Waals surface area (Å²) in [7, 11) is 0. The minimum absolute atomic E-state index is 0.0874. The number of pyridine rings is 2. The molecule has 27 heavy (non-hydrogen) atoms. The summed E-state index contributed by atoms with van der Waals surface area (Å²) in [4.78, 5) is 28.7. The fourth-order valence-electron chi connectivity index (χ4n) is 2.51. The predicted molar refractivity (Wildman–Crippen MR) is 102 cm³/mol. The van der Waals surface area contributed by atoms with Crippen molar-refractivity contribution in [3.63, 3.8) is 0 Å². The molecule has 1 aromatic carbocycles. The molecule has 0 aliphatic rings. The van der Waals surface area contributed by atoms with E-state index in [0.29, 0.717) is 5.82 Å². The summed E-state index contributed by atoms with van der Waals surface area (Å²) in [5, 5.41) is 15.8. The number of hydrogen-bond donors (Lipinski definition) is 1. The Bertz CT molecular complexity index is 1120. The number of fused-ring (bicyclic) bond motifs is 1. The highest BCUT2D eigenvalue weighted by molar-refractivity contribution is 7.99. The van der Waals surface area contributed by atoms with E-state index >= 15 is 0 Å². The monoisotopic (exact) mass is 376 g/mol. The summed E-state index contributed by atoms with van der Waals surface area (Å²) in [6.07, 6.45) is 4.57. The van der Waals surface area contributed by atoms with Gasteiger partial charge in [0.15, 0.2) is 5.03 Å². The predicted octanol–water partition coefficient (Wildman–Crippen LogP) is 4.22. The molecule has 0 fully saturated rings. The van der Waals surface area contributed by atoms with Crippen LogP contribution in [0.3, 0.4) is 0 Å². The van der Waals surface area contributed by atoms with E-state index in [1.807, 2.05) is 30.3 Å². The molecule has 1 N–H and O–H groups in total. The van der Waals surface area contributed by atoms with Crippen LogP contribution in [0.15, 0.2) is 77.2 Å². The van der Waals surface area contributed by atoms with Gasteiger partial charge in [0.05, 0.1) is 10.4 Å². The molecule has 0 aliphatic heterocycles. The van der Waals surface area contributed by atoms with Gasteiger partial charge in [-0.2, -0.15) is 0 Å². The van der Waals surface area contributed by atoms with E-state index < -0.39 is 4.92 Å². The third kappa shape index (κ3) is 3.53. The summed E-state index contributed by atoms with van der Waals surface area (Å²) in [5.41, 5.74) is 0.554. The van der Waals surface area contributed by atoms with Crippen LogP contribution in [0.5, 0.6) is 0 Å². The van der Waals surface area contributed by atoms with Crippen molar-refractivity contribution in [1.29, 1.82) is 0 Å². The molecule has 0 saturated carbocycles. The Balaban J connectivity index is 1.76. The molecule has 8 nitrogen and oxygen atoms in total. The number of para-hydroxylation sites is 1. The van der Waals surface area contributed by atoms with E-state index in [0.717, 1.165) is 15.8 Å². The molecular weight excluding hydrogens is 364 g/mol. The first kappa shape index (κ1) is 16.9. The van der Waals surface area contributed by atoms with Gasteiger partial charge in [-0.05, 0) is 24.3 Å². The molecule has 0 saturated heterocycles. The van der Waals surface area contributed by atoms with Gasteiger partial charge < -0.3 is 5.32 Å². The van der Waals surface area contributed by atoms with Crippen LogP contribution in [0, 0.1) is 10.1 Å². The minimum Gasteiger partial charge on any atom is -0.319 e. The number of nitrogens with one attached hydrogen (secondary N) is 1. The van der Waals surface area contributed by atoms with Crippen LogP contribution < -0.4 is 5.32 Å². The zero-order valence-corrected chi connectivity index (χ0v) is 14.6. The molecule has 132 valence electrons. The number of aromatic nitrogens is 4. The first-order chi connectivity index (χ1) is 13.2. The van der Waals surface area contributed by atoms with Crippen molar-refractivity contribution < 1.29 is 4.92 Å².